The lowest BCUT2D eigenvalue weighted by Crippen LogP contribution is -2.39. The molecule has 4 rings (SSSR count). The van der Waals surface area contributed by atoms with Gasteiger partial charge in [0.1, 0.15) is 12.0 Å². The molecule has 1 aliphatic heterocycles. The van der Waals surface area contributed by atoms with Crippen LogP contribution >= 0.6 is 24.0 Å². The number of hydrogen-bond donors (Lipinski definition) is 0. The van der Waals surface area contributed by atoms with Crippen molar-refractivity contribution in [1.29, 1.82) is 0 Å². The summed E-state index contributed by atoms with van der Waals surface area (Å²) in [5, 5.41) is 3.17. The number of hydrazine groups is 1. The highest BCUT2D eigenvalue weighted by Gasteiger charge is 2.33. The maximum Gasteiger partial charge on any atom is 0.280 e. The van der Waals surface area contributed by atoms with Crippen molar-refractivity contribution < 1.29 is 13.9 Å². The first-order valence-corrected chi connectivity index (χ1v) is 10.9. The van der Waals surface area contributed by atoms with E-state index in [0.717, 1.165) is 22.6 Å². The lowest BCUT2D eigenvalue weighted by Gasteiger charge is -2.21. The van der Waals surface area contributed by atoms with Crippen LogP contribution in [-0.2, 0) is 11.2 Å². The third kappa shape index (κ3) is 5.04. The van der Waals surface area contributed by atoms with E-state index in [4.69, 9.17) is 21.4 Å². The molecule has 2 aromatic carbocycles. The number of hydrogen-bond acceptors (Lipinski definition) is 7. The standard InChI is InChI=1S/C23H21N3O3S2/c1-25(2)26-22(27)20(31-23(26)30)14-16-8-10-19(11-9-16)28-13-12-18-15-29-21(24-18)17-6-4-3-5-7-17/h3-11,14-15H,12-13H2,1-2H3/b20-14-. The number of amides is 1. The SMILES string of the molecule is CN(C)N1C(=O)/C(=C/c2ccc(OCCc3coc(-c4ccccc4)n3)cc2)SC1=S. The molecule has 0 aliphatic carbocycles. The van der Waals surface area contributed by atoms with E-state index in [1.807, 2.05) is 60.7 Å². The molecule has 0 atom stereocenters. The molecule has 1 aromatic heterocycles. The molecule has 0 spiro atoms. The van der Waals surface area contributed by atoms with Gasteiger partial charge < -0.3 is 9.15 Å². The van der Waals surface area contributed by atoms with Crippen LogP contribution in [0.15, 0.2) is 70.2 Å². The van der Waals surface area contributed by atoms with Crippen molar-refractivity contribution >= 4 is 40.3 Å². The van der Waals surface area contributed by atoms with Gasteiger partial charge in [-0.15, -0.1) is 0 Å². The molecule has 1 fully saturated rings. The van der Waals surface area contributed by atoms with Crippen LogP contribution in [0.5, 0.6) is 5.75 Å². The van der Waals surface area contributed by atoms with Gasteiger partial charge in [-0.25, -0.2) is 15.0 Å². The molecule has 0 bridgehead atoms. The highest BCUT2D eigenvalue weighted by atomic mass is 32.2. The molecule has 0 N–H and O–H groups in total. The van der Waals surface area contributed by atoms with Gasteiger partial charge in [-0.05, 0) is 35.9 Å². The average molecular weight is 452 g/mol. The van der Waals surface area contributed by atoms with E-state index in [0.29, 0.717) is 28.1 Å². The molecule has 1 saturated heterocycles. The number of aromatic nitrogens is 1. The van der Waals surface area contributed by atoms with Gasteiger partial charge in [0.15, 0.2) is 4.32 Å². The van der Waals surface area contributed by atoms with E-state index in [1.54, 1.807) is 25.4 Å². The number of ether oxygens (including phenoxy) is 1. The Morgan fingerprint density at radius 3 is 2.58 bits per heavy atom. The minimum Gasteiger partial charge on any atom is -0.493 e. The Labute approximate surface area is 190 Å². The second kappa shape index (κ2) is 9.47. The lowest BCUT2D eigenvalue weighted by atomic mass is 10.2. The number of benzene rings is 2. The summed E-state index contributed by atoms with van der Waals surface area (Å²) in [6.45, 7) is 0.488. The summed E-state index contributed by atoms with van der Waals surface area (Å²) in [5.41, 5.74) is 2.71. The molecule has 2 heterocycles. The second-order valence-corrected chi connectivity index (χ2v) is 8.69. The largest absolute Gasteiger partial charge is 0.493 e. The van der Waals surface area contributed by atoms with E-state index in [-0.39, 0.29) is 5.91 Å². The number of thioether (sulfide) groups is 1. The van der Waals surface area contributed by atoms with Crippen molar-refractivity contribution in [1.82, 2.24) is 15.0 Å². The number of oxazole rings is 1. The number of carbonyl (C=O) groups is 1. The predicted octanol–water partition coefficient (Wildman–Crippen LogP) is 4.64. The van der Waals surface area contributed by atoms with Gasteiger partial charge in [0.2, 0.25) is 5.89 Å². The van der Waals surface area contributed by atoms with Crippen LogP contribution in [0.2, 0.25) is 0 Å². The summed E-state index contributed by atoms with van der Waals surface area (Å²) in [7, 11) is 3.59. The fourth-order valence-electron chi connectivity index (χ4n) is 3.02. The van der Waals surface area contributed by atoms with Crippen molar-refractivity contribution in [3.63, 3.8) is 0 Å². The van der Waals surface area contributed by atoms with Crippen LogP contribution in [0.4, 0.5) is 0 Å². The minimum atomic E-state index is -0.109. The molecular formula is C23H21N3O3S2. The summed E-state index contributed by atoms with van der Waals surface area (Å²) < 4.78 is 11.9. The van der Waals surface area contributed by atoms with Crippen molar-refractivity contribution in [2.45, 2.75) is 6.42 Å². The molecule has 1 amide bonds. The predicted molar refractivity (Wildman–Crippen MR) is 126 cm³/mol. The number of rotatable bonds is 7. The number of thiocarbonyl (C=S) groups is 1. The van der Waals surface area contributed by atoms with Gasteiger partial charge in [0.25, 0.3) is 5.91 Å². The van der Waals surface area contributed by atoms with Crippen molar-refractivity contribution in [2.75, 3.05) is 20.7 Å². The fraction of sp³-hybridized carbons (Fsp3) is 0.174. The smallest absolute Gasteiger partial charge is 0.280 e. The van der Waals surface area contributed by atoms with Gasteiger partial charge in [0.05, 0.1) is 17.2 Å². The Kier molecular flexibility index (Phi) is 6.50. The molecule has 3 aromatic rings. The monoisotopic (exact) mass is 451 g/mol. The molecule has 0 saturated carbocycles. The molecular weight excluding hydrogens is 430 g/mol. The summed E-state index contributed by atoms with van der Waals surface area (Å²) in [6, 6.07) is 17.4. The Morgan fingerprint density at radius 1 is 1.16 bits per heavy atom. The van der Waals surface area contributed by atoms with E-state index in [9.17, 15) is 4.79 Å². The van der Waals surface area contributed by atoms with E-state index < -0.39 is 0 Å². The van der Waals surface area contributed by atoms with Crippen LogP contribution in [0, 0.1) is 0 Å². The topological polar surface area (TPSA) is 58.8 Å². The zero-order valence-electron chi connectivity index (χ0n) is 17.1. The lowest BCUT2D eigenvalue weighted by molar-refractivity contribution is -0.130. The summed E-state index contributed by atoms with van der Waals surface area (Å²) in [6.07, 6.45) is 4.15. The molecule has 31 heavy (non-hydrogen) atoms. The van der Waals surface area contributed by atoms with E-state index >= 15 is 0 Å². The maximum absolute atomic E-state index is 12.5. The summed E-state index contributed by atoms with van der Waals surface area (Å²) in [5.74, 6) is 1.26. The Balaban J connectivity index is 1.32. The van der Waals surface area contributed by atoms with Crippen LogP contribution in [0.3, 0.4) is 0 Å². The fourth-order valence-corrected chi connectivity index (χ4v) is 4.43. The van der Waals surface area contributed by atoms with Crippen LogP contribution in [-0.4, -0.2) is 45.9 Å². The van der Waals surface area contributed by atoms with Gasteiger partial charge in [-0.2, -0.15) is 0 Å². The molecule has 8 heteroatoms. The van der Waals surface area contributed by atoms with Gasteiger partial charge in [-0.1, -0.05) is 54.3 Å². The third-order valence-corrected chi connectivity index (χ3v) is 5.83. The van der Waals surface area contributed by atoms with Crippen LogP contribution in [0.25, 0.3) is 17.5 Å². The zero-order valence-corrected chi connectivity index (χ0v) is 18.8. The Morgan fingerprint density at radius 2 is 1.90 bits per heavy atom. The first-order valence-electron chi connectivity index (χ1n) is 9.69. The second-order valence-electron chi connectivity index (χ2n) is 7.02. The first kappa shape index (κ1) is 21.3. The van der Waals surface area contributed by atoms with Gasteiger partial charge >= 0.3 is 0 Å². The molecule has 158 valence electrons. The molecule has 0 unspecified atom stereocenters. The highest BCUT2D eigenvalue weighted by molar-refractivity contribution is 8.26. The number of carbonyl (C=O) groups excluding carboxylic acids is 1. The van der Waals surface area contributed by atoms with E-state index in [2.05, 4.69) is 4.98 Å². The Bertz CT molecular complexity index is 1110. The Hall–Kier alpha value is -2.94. The van der Waals surface area contributed by atoms with Crippen molar-refractivity contribution in [3.8, 4) is 17.2 Å². The van der Waals surface area contributed by atoms with Crippen molar-refractivity contribution in [2.24, 2.45) is 0 Å². The summed E-state index contributed by atoms with van der Waals surface area (Å²) in [4.78, 5) is 17.6. The van der Waals surface area contributed by atoms with Gasteiger partial charge in [0, 0.05) is 26.1 Å². The van der Waals surface area contributed by atoms with Crippen LogP contribution in [0.1, 0.15) is 11.3 Å². The van der Waals surface area contributed by atoms with Crippen LogP contribution < -0.4 is 4.74 Å². The van der Waals surface area contributed by atoms with Crippen molar-refractivity contribution in [3.05, 3.63) is 77.0 Å². The minimum absolute atomic E-state index is 0.109. The highest BCUT2D eigenvalue weighted by Crippen LogP contribution is 2.33. The quantitative estimate of drug-likeness (QED) is 0.383. The molecule has 1 aliphatic rings. The third-order valence-electron chi connectivity index (χ3n) is 4.55. The van der Waals surface area contributed by atoms with Gasteiger partial charge in [-0.3, -0.25) is 4.79 Å². The first-order chi connectivity index (χ1) is 15.0. The van der Waals surface area contributed by atoms with E-state index in [1.165, 1.54) is 16.8 Å². The summed E-state index contributed by atoms with van der Waals surface area (Å²) >= 11 is 6.58. The average Bonchev–Trinajstić information content (AvgIpc) is 3.34. The number of nitrogens with zero attached hydrogens (tertiary/aromatic N) is 3. The zero-order chi connectivity index (χ0) is 21.8. The molecule has 6 nitrogen and oxygen atoms in total. The normalized spacial score (nSPS) is 15.3. The molecule has 0 radical (unpaired) electrons. The maximum atomic E-state index is 12.5.